The number of carbonyl (C=O) groups is 1. The summed E-state index contributed by atoms with van der Waals surface area (Å²) in [4.78, 5) is 33.3. The van der Waals surface area contributed by atoms with Gasteiger partial charge < -0.3 is 19.9 Å². The van der Waals surface area contributed by atoms with Crippen LogP contribution >= 0.6 is 15.9 Å². The zero-order valence-electron chi connectivity index (χ0n) is 24.9. The molecule has 1 amide bonds. The SMILES string of the molecule is CC(C)(C)OC(=O)N1CCN(C2CCN(c3nc(NCc4ccc(-c5ccccn5)cc4)n4ncc(Br)c4n3)CC2)CC1. The Labute approximate surface area is 260 Å². The van der Waals surface area contributed by atoms with Crippen LogP contribution in [0.25, 0.3) is 16.9 Å². The minimum absolute atomic E-state index is 0.216. The number of piperidine rings is 1. The maximum Gasteiger partial charge on any atom is 0.410 e. The van der Waals surface area contributed by atoms with E-state index in [1.807, 2.05) is 50.1 Å². The quantitative estimate of drug-likeness (QED) is 0.307. The molecule has 5 heterocycles. The summed E-state index contributed by atoms with van der Waals surface area (Å²) in [6, 6.07) is 14.8. The van der Waals surface area contributed by atoms with Crippen molar-refractivity contribution in [1.82, 2.24) is 34.4 Å². The second-order valence-electron chi connectivity index (χ2n) is 12.1. The number of nitrogens with one attached hydrogen (secondary N) is 1. The van der Waals surface area contributed by atoms with Crippen molar-refractivity contribution in [3.63, 3.8) is 0 Å². The zero-order valence-corrected chi connectivity index (χ0v) is 26.5. The summed E-state index contributed by atoms with van der Waals surface area (Å²) in [6.45, 7) is 11.2. The fourth-order valence-electron chi connectivity index (χ4n) is 5.63. The Morgan fingerprint density at radius 3 is 2.42 bits per heavy atom. The van der Waals surface area contributed by atoms with Crippen LogP contribution in [0.4, 0.5) is 16.7 Å². The second kappa shape index (κ2) is 12.5. The van der Waals surface area contributed by atoms with Crippen molar-refractivity contribution in [1.29, 1.82) is 0 Å². The number of hydrogen-bond donors (Lipinski definition) is 1. The molecule has 226 valence electrons. The lowest BCUT2D eigenvalue weighted by atomic mass is 10.0. The average molecular weight is 649 g/mol. The summed E-state index contributed by atoms with van der Waals surface area (Å²) >= 11 is 3.61. The molecule has 12 heteroatoms. The number of rotatable bonds is 6. The first-order chi connectivity index (χ1) is 20.7. The number of hydrogen-bond acceptors (Lipinski definition) is 9. The number of carbonyl (C=O) groups excluding carboxylic acids is 1. The van der Waals surface area contributed by atoms with Crippen molar-refractivity contribution < 1.29 is 9.53 Å². The predicted octanol–water partition coefficient (Wildman–Crippen LogP) is 5.08. The molecule has 1 N–H and O–H groups in total. The fourth-order valence-corrected chi connectivity index (χ4v) is 5.98. The van der Waals surface area contributed by atoms with E-state index in [1.165, 1.54) is 0 Å². The van der Waals surface area contributed by atoms with E-state index in [9.17, 15) is 4.79 Å². The molecule has 3 aromatic heterocycles. The molecule has 1 aromatic carbocycles. The highest BCUT2D eigenvalue weighted by Crippen LogP contribution is 2.26. The van der Waals surface area contributed by atoms with Gasteiger partial charge in [-0.3, -0.25) is 9.88 Å². The van der Waals surface area contributed by atoms with Gasteiger partial charge in [-0.05, 0) is 67.2 Å². The van der Waals surface area contributed by atoms with Gasteiger partial charge in [-0.25, -0.2) is 4.79 Å². The molecule has 2 saturated heterocycles. The van der Waals surface area contributed by atoms with E-state index in [0.29, 0.717) is 37.6 Å². The Kier molecular flexibility index (Phi) is 8.49. The summed E-state index contributed by atoms with van der Waals surface area (Å²) in [6.07, 6.45) is 5.39. The molecule has 4 aromatic rings. The van der Waals surface area contributed by atoms with Gasteiger partial charge in [0.25, 0.3) is 0 Å². The number of ether oxygens (including phenoxy) is 1. The van der Waals surface area contributed by atoms with E-state index >= 15 is 0 Å². The van der Waals surface area contributed by atoms with Gasteiger partial charge in [0.2, 0.25) is 11.9 Å². The lowest BCUT2D eigenvalue weighted by molar-refractivity contribution is 0.00900. The van der Waals surface area contributed by atoms with Gasteiger partial charge in [-0.2, -0.15) is 19.6 Å². The van der Waals surface area contributed by atoms with Gasteiger partial charge in [-0.15, -0.1) is 0 Å². The van der Waals surface area contributed by atoms with Crippen molar-refractivity contribution in [3.05, 3.63) is 64.9 Å². The Morgan fingerprint density at radius 2 is 1.74 bits per heavy atom. The van der Waals surface area contributed by atoms with E-state index in [0.717, 1.165) is 66.0 Å². The van der Waals surface area contributed by atoms with Gasteiger partial charge in [0.1, 0.15) is 5.60 Å². The third-order valence-electron chi connectivity index (χ3n) is 7.91. The first-order valence-electron chi connectivity index (χ1n) is 14.9. The Balaban J connectivity index is 1.08. The fraction of sp³-hybridized carbons (Fsp3) is 0.452. The number of amides is 1. The van der Waals surface area contributed by atoms with E-state index in [-0.39, 0.29) is 6.09 Å². The minimum Gasteiger partial charge on any atom is -0.444 e. The first kappa shape index (κ1) is 29.3. The standard InChI is InChI=1S/C31H38BrN9O2/c1-31(2,3)43-30(42)40-18-16-38(17-19-40)24-11-14-39(15-12-24)29-36-27-25(32)21-35-41(27)28(37-29)34-20-22-7-9-23(10-8-22)26-6-4-5-13-33-26/h4-10,13,21,24H,11-12,14-20H2,1-3H3,(H,34,36,37). The van der Waals surface area contributed by atoms with Gasteiger partial charge in [-0.1, -0.05) is 30.3 Å². The molecule has 0 atom stereocenters. The van der Waals surface area contributed by atoms with Crippen LogP contribution in [0.5, 0.6) is 0 Å². The number of aromatic nitrogens is 5. The largest absolute Gasteiger partial charge is 0.444 e. The van der Waals surface area contributed by atoms with Crippen LogP contribution in [0.2, 0.25) is 0 Å². The van der Waals surface area contributed by atoms with E-state index in [4.69, 9.17) is 14.7 Å². The molecule has 0 bridgehead atoms. The normalized spacial score (nSPS) is 16.9. The topological polar surface area (TPSA) is 104 Å². The number of anilines is 2. The molecule has 0 aliphatic carbocycles. The van der Waals surface area contributed by atoms with Crippen molar-refractivity contribution in [3.8, 4) is 11.3 Å². The smallest absolute Gasteiger partial charge is 0.410 e. The third-order valence-corrected chi connectivity index (χ3v) is 8.47. The van der Waals surface area contributed by atoms with Crippen molar-refractivity contribution in [2.75, 3.05) is 49.5 Å². The van der Waals surface area contributed by atoms with Gasteiger partial charge in [0, 0.05) is 63.6 Å². The van der Waals surface area contributed by atoms with Crippen LogP contribution in [-0.4, -0.2) is 91.4 Å². The van der Waals surface area contributed by atoms with Crippen LogP contribution in [0.3, 0.4) is 0 Å². The van der Waals surface area contributed by atoms with Crippen molar-refractivity contribution >= 4 is 39.6 Å². The van der Waals surface area contributed by atoms with Gasteiger partial charge in [0.15, 0.2) is 5.65 Å². The number of benzene rings is 1. The summed E-state index contributed by atoms with van der Waals surface area (Å²) in [5.74, 6) is 1.36. The molecule has 2 fully saturated rings. The summed E-state index contributed by atoms with van der Waals surface area (Å²) < 4.78 is 8.13. The maximum atomic E-state index is 12.5. The zero-order chi connectivity index (χ0) is 30.0. The van der Waals surface area contributed by atoms with Gasteiger partial charge in [0.05, 0.1) is 16.4 Å². The average Bonchev–Trinajstić information content (AvgIpc) is 3.40. The summed E-state index contributed by atoms with van der Waals surface area (Å²) in [5, 5.41) is 7.97. The second-order valence-corrected chi connectivity index (χ2v) is 12.9. The van der Waals surface area contributed by atoms with Crippen LogP contribution < -0.4 is 10.2 Å². The highest BCUT2D eigenvalue weighted by molar-refractivity contribution is 9.10. The maximum absolute atomic E-state index is 12.5. The highest BCUT2D eigenvalue weighted by atomic mass is 79.9. The third kappa shape index (κ3) is 6.91. The van der Waals surface area contributed by atoms with Gasteiger partial charge >= 0.3 is 6.09 Å². The molecular weight excluding hydrogens is 610 g/mol. The molecule has 6 rings (SSSR count). The molecule has 43 heavy (non-hydrogen) atoms. The van der Waals surface area contributed by atoms with Crippen molar-refractivity contribution in [2.24, 2.45) is 0 Å². The Bertz CT molecular complexity index is 1540. The Morgan fingerprint density at radius 1 is 1.00 bits per heavy atom. The van der Waals surface area contributed by atoms with E-state index < -0.39 is 5.60 Å². The lowest BCUT2D eigenvalue weighted by Crippen LogP contribution is -2.55. The highest BCUT2D eigenvalue weighted by Gasteiger charge is 2.31. The molecule has 0 saturated carbocycles. The monoisotopic (exact) mass is 647 g/mol. The molecule has 11 nitrogen and oxygen atoms in total. The number of halogens is 1. The molecule has 2 aliphatic heterocycles. The number of nitrogens with zero attached hydrogens (tertiary/aromatic N) is 8. The molecular formula is C31H38BrN9O2. The first-order valence-corrected chi connectivity index (χ1v) is 15.7. The predicted molar refractivity (Wildman–Crippen MR) is 170 cm³/mol. The summed E-state index contributed by atoms with van der Waals surface area (Å²) in [5.41, 5.74) is 3.43. The van der Waals surface area contributed by atoms with E-state index in [2.05, 4.69) is 65.4 Å². The van der Waals surface area contributed by atoms with Crippen LogP contribution in [0.15, 0.2) is 59.3 Å². The van der Waals surface area contributed by atoms with Crippen LogP contribution in [0, 0.1) is 0 Å². The minimum atomic E-state index is -0.472. The summed E-state index contributed by atoms with van der Waals surface area (Å²) in [7, 11) is 0. The molecule has 0 radical (unpaired) electrons. The molecule has 0 spiro atoms. The van der Waals surface area contributed by atoms with Crippen LogP contribution in [-0.2, 0) is 11.3 Å². The lowest BCUT2D eigenvalue weighted by Gasteiger charge is -2.42. The number of fused-ring (bicyclic) bond motifs is 1. The molecule has 0 unspecified atom stereocenters. The van der Waals surface area contributed by atoms with E-state index in [1.54, 1.807) is 10.7 Å². The number of pyridine rings is 1. The Hall–Kier alpha value is -3.77. The molecule has 2 aliphatic rings. The van der Waals surface area contributed by atoms with Crippen molar-refractivity contribution in [2.45, 2.75) is 51.8 Å². The van der Waals surface area contributed by atoms with Crippen LogP contribution in [0.1, 0.15) is 39.2 Å². The number of piperazine rings is 1.